The van der Waals surface area contributed by atoms with Crippen molar-refractivity contribution in [1.29, 1.82) is 0 Å². The normalized spacial score (nSPS) is 19.7. The highest BCUT2D eigenvalue weighted by molar-refractivity contribution is 5.94. The number of aliphatic hydroxyl groups is 1. The van der Waals surface area contributed by atoms with Gasteiger partial charge in [0.05, 0.1) is 12.1 Å². The molecule has 0 bridgehead atoms. The molecule has 170 valence electrons. The van der Waals surface area contributed by atoms with Crippen molar-refractivity contribution >= 4 is 23.7 Å². The van der Waals surface area contributed by atoms with Crippen molar-refractivity contribution in [3.63, 3.8) is 0 Å². The van der Waals surface area contributed by atoms with Crippen molar-refractivity contribution in [2.75, 3.05) is 6.54 Å². The van der Waals surface area contributed by atoms with Crippen LogP contribution < -0.4 is 16.4 Å². The Hall–Kier alpha value is -2.98. The molecular formula is C21H30N4O6. The van der Waals surface area contributed by atoms with Crippen LogP contribution in [0.4, 0.5) is 0 Å². The van der Waals surface area contributed by atoms with E-state index in [9.17, 15) is 29.4 Å². The molecule has 1 heterocycles. The molecule has 1 fully saturated rings. The summed E-state index contributed by atoms with van der Waals surface area (Å²) in [4.78, 5) is 50.7. The van der Waals surface area contributed by atoms with Crippen LogP contribution >= 0.6 is 0 Å². The van der Waals surface area contributed by atoms with E-state index in [1.807, 2.05) is 6.07 Å². The molecule has 0 saturated carbocycles. The maximum absolute atomic E-state index is 13.0. The summed E-state index contributed by atoms with van der Waals surface area (Å²) in [5.41, 5.74) is 6.27. The number of aliphatic hydroxyl groups excluding tert-OH is 1. The van der Waals surface area contributed by atoms with Crippen LogP contribution in [0.5, 0.6) is 0 Å². The number of nitrogens with zero attached hydrogens (tertiary/aromatic N) is 1. The van der Waals surface area contributed by atoms with Gasteiger partial charge in [-0.3, -0.25) is 14.4 Å². The summed E-state index contributed by atoms with van der Waals surface area (Å²) >= 11 is 0. The van der Waals surface area contributed by atoms with Crippen molar-refractivity contribution in [2.24, 2.45) is 5.73 Å². The number of rotatable bonds is 9. The van der Waals surface area contributed by atoms with E-state index < -0.39 is 54.0 Å². The van der Waals surface area contributed by atoms with Crippen molar-refractivity contribution in [2.45, 2.75) is 63.4 Å². The fraction of sp³-hybridized carbons (Fsp3) is 0.524. The standard InChI is InChI=1S/C21H30N4O6/c1-12(22)18(27)24-17(13(2)26)20(29)25-10-6-9-16(25)19(28)23-15(21(30)31)11-14-7-4-3-5-8-14/h3-5,7-8,12-13,15-17,26H,6,9-11,22H2,1-2H3,(H,23,28)(H,24,27)(H,30,31). The van der Waals surface area contributed by atoms with Gasteiger partial charge in [-0.05, 0) is 32.3 Å². The van der Waals surface area contributed by atoms with E-state index in [-0.39, 0.29) is 13.0 Å². The molecular weight excluding hydrogens is 404 g/mol. The highest BCUT2D eigenvalue weighted by atomic mass is 16.4. The SMILES string of the molecule is CC(N)C(=O)NC(C(=O)N1CCCC1C(=O)NC(Cc1ccccc1)C(=O)O)C(C)O. The summed E-state index contributed by atoms with van der Waals surface area (Å²) in [6, 6.07) is 4.72. The summed E-state index contributed by atoms with van der Waals surface area (Å²) in [5, 5.41) is 24.5. The van der Waals surface area contributed by atoms with E-state index in [0.717, 1.165) is 5.56 Å². The zero-order valence-electron chi connectivity index (χ0n) is 17.7. The average molecular weight is 434 g/mol. The molecule has 1 aromatic rings. The molecule has 1 aliphatic rings. The number of likely N-dealkylation sites (tertiary alicyclic amines) is 1. The lowest BCUT2D eigenvalue weighted by atomic mass is 10.0. The van der Waals surface area contributed by atoms with E-state index in [0.29, 0.717) is 12.8 Å². The first-order chi connectivity index (χ1) is 14.6. The Bertz CT molecular complexity index is 798. The molecule has 1 aliphatic heterocycles. The van der Waals surface area contributed by atoms with Gasteiger partial charge in [-0.2, -0.15) is 0 Å². The molecule has 6 N–H and O–H groups in total. The molecule has 10 heteroatoms. The fourth-order valence-electron chi connectivity index (χ4n) is 3.47. The molecule has 1 aromatic carbocycles. The molecule has 5 atom stereocenters. The van der Waals surface area contributed by atoms with Gasteiger partial charge in [0, 0.05) is 13.0 Å². The molecule has 3 amide bonds. The van der Waals surface area contributed by atoms with E-state index in [1.54, 1.807) is 24.3 Å². The van der Waals surface area contributed by atoms with Gasteiger partial charge in [0.25, 0.3) is 0 Å². The van der Waals surface area contributed by atoms with Gasteiger partial charge in [0.2, 0.25) is 17.7 Å². The van der Waals surface area contributed by atoms with Gasteiger partial charge in [0.15, 0.2) is 0 Å². The summed E-state index contributed by atoms with van der Waals surface area (Å²) in [6.45, 7) is 3.06. The number of carbonyl (C=O) groups excluding carboxylic acids is 3. The monoisotopic (exact) mass is 434 g/mol. The maximum Gasteiger partial charge on any atom is 0.326 e. The Labute approximate surface area is 180 Å². The molecule has 31 heavy (non-hydrogen) atoms. The molecule has 0 aromatic heterocycles. The van der Waals surface area contributed by atoms with E-state index in [1.165, 1.54) is 18.7 Å². The third kappa shape index (κ3) is 6.50. The van der Waals surface area contributed by atoms with Gasteiger partial charge < -0.3 is 31.5 Å². The number of nitrogens with one attached hydrogen (secondary N) is 2. The fourth-order valence-corrected chi connectivity index (χ4v) is 3.47. The van der Waals surface area contributed by atoms with Crippen LogP contribution in [0, 0.1) is 0 Å². The molecule has 2 rings (SSSR count). The molecule has 0 aliphatic carbocycles. The van der Waals surface area contributed by atoms with Crippen LogP contribution in [0.15, 0.2) is 30.3 Å². The quantitative estimate of drug-likeness (QED) is 0.333. The zero-order valence-corrected chi connectivity index (χ0v) is 17.7. The highest BCUT2D eigenvalue weighted by Crippen LogP contribution is 2.20. The lowest BCUT2D eigenvalue weighted by Gasteiger charge is -2.30. The molecule has 5 unspecified atom stereocenters. The molecule has 0 radical (unpaired) electrons. The number of hydrogen-bond donors (Lipinski definition) is 5. The van der Waals surface area contributed by atoms with Crippen LogP contribution in [0.25, 0.3) is 0 Å². The van der Waals surface area contributed by atoms with Gasteiger partial charge in [0.1, 0.15) is 18.1 Å². The minimum Gasteiger partial charge on any atom is -0.480 e. The van der Waals surface area contributed by atoms with Crippen LogP contribution in [0.3, 0.4) is 0 Å². The second-order valence-corrected chi connectivity index (χ2v) is 7.79. The third-order valence-corrected chi connectivity index (χ3v) is 5.20. The predicted molar refractivity (Wildman–Crippen MR) is 112 cm³/mol. The number of nitrogens with two attached hydrogens (primary N) is 1. The maximum atomic E-state index is 13.0. The van der Waals surface area contributed by atoms with Crippen LogP contribution in [-0.2, 0) is 25.6 Å². The Morgan fingerprint density at radius 1 is 1.16 bits per heavy atom. The van der Waals surface area contributed by atoms with Gasteiger partial charge in [-0.25, -0.2) is 4.79 Å². The number of carboxylic acid groups (broad SMARTS) is 1. The number of carboxylic acids is 1. The number of hydrogen-bond acceptors (Lipinski definition) is 6. The zero-order chi connectivity index (χ0) is 23.1. The first-order valence-corrected chi connectivity index (χ1v) is 10.2. The van der Waals surface area contributed by atoms with Crippen LogP contribution in [0.1, 0.15) is 32.3 Å². The summed E-state index contributed by atoms with van der Waals surface area (Å²) in [7, 11) is 0. The van der Waals surface area contributed by atoms with Crippen LogP contribution in [0.2, 0.25) is 0 Å². The smallest absolute Gasteiger partial charge is 0.326 e. The topological polar surface area (TPSA) is 162 Å². The minimum absolute atomic E-state index is 0.101. The molecule has 1 saturated heterocycles. The average Bonchev–Trinajstić information content (AvgIpc) is 3.21. The van der Waals surface area contributed by atoms with E-state index in [2.05, 4.69) is 10.6 Å². The summed E-state index contributed by atoms with van der Waals surface area (Å²) in [5.74, 6) is -2.99. The van der Waals surface area contributed by atoms with Gasteiger partial charge in [-0.1, -0.05) is 30.3 Å². The Morgan fingerprint density at radius 3 is 2.35 bits per heavy atom. The first kappa shape index (κ1) is 24.3. The van der Waals surface area contributed by atoms with Gasteiger partial charge in [-0.15, -0.1) is 0 Å². The van der Waals surface area contributed by atoms with Crippen molar-refractivity contribution in [3.05, 3.63) is 35.9 Å². The number of carbonyl (C=O) groups is 4. The lowest BCUT2D eigenvalue weighted by Crippen LogP contribution is -2.59. The second kappa shape index (κ2) is 10.9. The second-order valence-electron chi connectivity index (χ2n) is 7.79. The van der Waals surface area contributed by atoms with E-state index in [4.69, 9.17) is 5.73 Å². The van der Waals surface area contributed by atoms with Crippen molar-refractivity contribution in [1.82, 2.24) is 15.5 Å². The van der Waals surface area contributed by atoms with Crippen molar-refractivity contribution in [3.8, 4) is 0 Å². The summed E-state index contributed by atoms with van der Waals surface area (Å²) in [6.07, 6.45) is -0.218. The Morgan fingerprint density at radius 2 is 1.81 bits per heavy atom. The predicted octanol–water partition coefficient (Wildman–Crippen LogP) is -0.998. The third-order valence-electron chi connectivity index (χ3n) is 5.20. The minimum atomic E-state index is -1.26. The Kier molecular flexibility index (Phi) is 8.52. The number of amides is 3. The number of aliphatic carboxylic acids is 1. The first-order valence-electron chi connectivity index (χ1n) is 10.2. The largest absolute Gasteiger partial charge is 0.480 e. The van der Waals surface area contributed by atoms with E-state index >= 15 is 0 Å². The Balaban J connectivity index is 2.11. The highest BCUT2D eigenvalue weighted by Gasteiger charge is 2.40. The van der Waals surface area contributed by atoms with Crippen molar-refractivity contribution < 1.29 is 29.4 Å². The lowest BCUT2D eigenvalue weighted by molar-refractivity contribution is -0.146. The summed E-state index contributed by atoms with van der Waals surface area (Å²) < 4.78 is 0. The van der Waals surface area contributed by atoms with Crippen LogP contribution in [-0.4, -0.2) is 75.6 Å². The van der Waals surface area contributed by atoms with Gasteiger partial charge >= 0.3 is 5.97 Å². The molecule has 0 spiro atoms. The molecule has 10 nitrogen and oxygen atoms in total. The number of benzene rings is 1.